The van der Waals surface area contributed by atoms with Crippen molar-refractivity contribution in [3.05, 3.63) is 0 Å². The molecular formula is C8H10N5S3. The Morgan fingerprint density at radius 3 is 2.88 bits per heavy atom. The average molecular weight is 272 g/mol. The van der Waals surface area contributed by atoms with Gasteiger partial charge in [-0.1, -0.05) is 0 Å². The van der Waals surface area contributed by atoms with Gasteiger partial charge in [-0.05, 0) is 0 Å². The van der Waals surface area contributed by atoms with Crippen LogP contribution in [0.2, 0.25) is 0 Å². The molecule has 0 spiro atoms. The largest absolute Gasteiger partial charge is 0.368 e. The topological polar surface area (TPSA) is 78.3 Å². The highest BCUT2D eigenvalue weighted by molar-refractivity contribution is 8.38. The van der Waals surface area contributed by atoms with Crippen LogP contribution in [0.25, 0.3) is 0 Å². The molecule has 16 heavy (non-hydrogen) atoms. The highest BCUT2D eigenvalue weighted by Gasteiger charge is 2.23. The van der Waals surface area contributed by atoms with Crippen LogP contribution in [-0.4, -0.2) is 31.6 Å². The summed E-state index contributed by atoms with van der Waals surface area (Å²) in [6, 6.07) is 0. The minimum absolute atomic E-state index is 0.265. The quantitative estimate of drug-likeness (QED) is 0.601. The summed E-state index contributed by atoms with van der Waals surface area (Å²) >= 11 is 3.91. The van der Waals surface area contributed by atoms with Crippen molar-refractivity contribution in [3.63, 3.8) is 0 Å². The molecule has 8 heteroatoms. The van der Waals surface area contributed by atoms with E-state index in [9.17, 15) is 0 Å². The van der Waals surface area contributed by atoms with E-state index in [1.807, 2.05) is 23.5 Å². The molecule has 0 bridgehead atoms. The molecule has 0 aliphatic carbocycles. The molecule has 2 aliphatic rings. The number of nitrogen functional groups attached to an aromatic ring is 1. The molecule has 3 rings (SSSR count). The zero-order chi connectivity index (χ0) is 11.0. The second-order valence-corrected chi connectivity index (χ2v) is 8.60. The molecule has 0 amide bonds. The molecule has 0 aromatic carbocycles. The summed E-state index contributed by atoms with van der Waals surface area (Å²) in [5.41, 5.74) is 6.53. The van der Waals surface area contributed by atoms with Gasteiger partial charge in [-0.3, -0.25) is 0 Å². The first kappa shape index (κ1) is 10.5. The number of nitrogens with zero attached hydrogens (tertiary/aromatic N) is 4. The van der Waals surface area contributed by atoms with Gasteiger partial charge < -0.3 is 5.73 Å². The smallest absolute Gasteiger partial charge is 0.223 e. The van der Waals surface area contributed by atoms with Gasteiger partial charge in [-0.2, -0.15) is 15.9 Å². The zero-order valence-electron chi connectivity index (χ0n) is 8.33. The summed E-state index contributed by atoms with van der Waals surface area (Å²) in [5.74, 6) is 0.941. The third-order valence-electron chi connectivity index (χ3n) is 2.19. The van der Waals surface area contributed by atoms with Crippen LogP contribution in [0.5, 0.6) is 0 Å². The van der Waals surface area contributed by atoms with Crippen molar-refractivity contribution in [1.82, 2.24) is 15.3 Å². The van der Waals surface area contributed by atoms with Crippen molar-refractivity contribution in [2.45, 2.75) is 5.03 Å². The van der Waals surface area contributed by atoms with Crippen LogP contribution in [0, 0.1) is 0 Å². The van der Waals surface area contributed by atoms with E-state index in [1.54, 1.807) is 0 Å². The van der Waals surface area contributed by atoms with E-state index in [4.69, 9.17) is 5.73 Å². The first-order valence-electron chi connectivity index (χ1n) is 4.66. The first-order valence-corrected chi connectivity index (χ1v) is 8.68. The molecule has 2 N–H and O–H groups in total. The number of fused-ring (bicyclic) bond motifs is 1. The van der Waals surface area contributed by atoms with Gasteiger partial charge >= 0.3 is 0 Å². The maximum absolute atomic E-state index is 5.70. The maximum atomic E-state index is 5.70. The highest BCUT2D eigenvalue weighted by Crippen LogP contribution is 2.51. The van der Waals surface area contributed by atoms with E-state index in [2.05, 4.69) is 20.3 Å². The summed E-state index contributed by atoms with van der Waals surface area (Å²) in [5, 5.41) is 8.57. The Kier molecular flexibility index (Phi) is 2.86. The van der Waals surface area contributed by atoms with Gasteiger partial charge in [0.15, 0.2) is 5.82 Å². The predicted molar refractivity (Wildman–Crippen MR) is 73.4 cm³/mol. The maximum Gasteiger partial charge on any atom is 0.223 e. The Labute approximate surface area is 104 Å². The molecule has 0 saturated carbocycles. The minimum atomic E-state index is -0.265. The van der Waals surface area contributed by atoms with Crippen molar-refractivity contribution in [3.8, 4) is 0 Å². The van der Waals surface area contributed by atoms with Crippen LogP contribution in [0.4, 0.5) is 17.5 Å². The average Bonchev–Trinajstić information content (AvgIpc) is 2.77. The van der Waals surface area contributed by atoms with Gasteiger partial charge in [0.2, 0.25) is 5.95 Å². The lowest BCUT2D eigenvalue weighted by Crippen LogP contribution is -2.04. The lowest BCUT2D eigenvalue weighted by atomic mass is 10.5. The van der Waals surface area contributed by atoms with Crippen LogP contribution in [0.15, 0.2) is 10.0 Å². The number of thiol groups is 1. The molecule has 1 aromatic rings. The van der Waals surface area contributed by atoms with Crippen molar-refractivity contribution in [2.24, 2.45) is 4.99 Å². The van der Waals surface area contributed by atoms with Crippen LogP contribution < -0.4 is 11.1 Å². The Bertz CT molecular complexity index is 444. The van der Waals surface area contributed by atoms with Gasteiger partial charge in [0.1, 0.15) is 17.1 Å². The lowest BCUT2D eigenvalue weighted by molar-refractivity contribution is 1.04. The van der Waals surface area contributed by atoms with Crippen LogP contribution in [-0.2, 0) is 0 Å². The number of hydrogen-bond donors (Lipinski definition) is 2. The van der Waals surface area contributed by atoms with Gasteiger partial charge in [-0.25, -0.2) is 15.3 Å². The molecule has 5 nitrogen and oxygen atoms in total. The molecule has 1 saturated heterocycles. The van der Waals surface area contributed by atoms with Crippen molar-refractivity contribution >= 4 is 58.2 Å². The van der Waals surface area contributed by atoms with Crippen LogP contribution >= 0.6 is 34.4 Å². The first-order chi connectivity index (χ1) is 7.84. The highest BCUT2D eigenvalue weighted by atomic mass is 32.3. The Morgan fingerprint density at radius 1 is 1.25 bits per heavy atom. The SMILES string of the molecule is Nc1nc2c(c([SH]3CSCSC3)n1)N=C[N]2. The molecule has 1 radical (unpaired) electrons. The van der Waals surface area contributed by atoms with Gasteiger partial charge in [-0.15, -0.1) is 23.5 Å². The Balaban J connectivity index is 2.01. The molecule has 2 aliphatic heterocycles. The number of hydrogen-bond acceptors (Lipinski definition) is 6. The summed E-state index contributed by atoms with van der Waals surface area (Å²) in [6.45, 7) is 0. The number of thioether (sulfide) groups is 2. The van der Waals surface area contributed by atoms with Crippen LogP contribution in [0.3, 0.4) is 0 Å². The lowest BCUT2D eigenvalue weighted by Gasteiger charge is -2.25. The monoisotopic (exact) mass is 272 g/mol. The third kappa shape index (κ3) is 1.85. The molecular weight excluding hydrogens is 262 g/mol. The number of rotatable bonds is 1. The molecule has 1 fully saturated rings. The zero-order valence-corrected chi connectivity index (χ0v) is 10.9. The second-order valence-electron chi connectivity index (χ2n) is 3.28. The van der Waals surface area contributed by atoms with Crippen molar-refractivity contribution in [1.29, 1.82) is 0 Å². The van der Waals surface area contributed by atoms with Gasteiger partial charge in [0.25, 0.3) is 0 Å². The second kappa shape index (κ2) is 4.34. The number of anilines is 1. The fraction of sp³-hybridized carbons (Fsp3) is 0.375. The minimum Gasteiger partial charge on any atom is -0.368 e. The third-order valence-corrected chi connectivity index (χ3v) is 8.39. The van der Waals surface area contributed by atoms with Gasteiger partial charge in [0, 0.05) is 15.3 Å². The van der Waals surface area contributed by atoms with E-state index >= 15 is 0 Å². The molecule has 3 heterocycles. The summed E-state index contributed by atoms with van der Waals surface area (Å²) in [4.78, 5) is 12.7. The van der Waals surface area contributed by atoms with Gasteiger partial charge in [0.05, 0.1) is 0 Å². The summed E-state index contributed by atoms with van der Waals surface area (Å²) in [7, 11) is -0.265. The number of aromatic nitrogens is 2. The van der Waals surface area contributed by atoms with Crippen molar-refractivity contribution in [2.75, 3.05) is 21.0 Å². The van der Waals surface area contributed by atoms with E-state index in [1.165, 1.54) is 11.4 Å². The molecule has 0 unspecified atom stereocenters. The van der Waals surface area contributed by atoms with Crippen molar-refractivity contribution < 1.29 is 0 Å². The normalized spacial score (nSPS) is 20.6. The Morgan fingerprint density at radius 2 is 2.06 bits per heavy atom. The fourth-order valence-corrected chi connectivity index (χ4v) is 8.35. The van der Waals surface area contributed by atoms with E-state index in [0.717, 1.165) is 20.9 Å². The van der Waals surface area contributed by atoms with E-state index in [0.29, 0.717) is 11.8 Å². The van der Waals surface area contributed by atoms with Crippen LogP contribution in [0.1, 0.15) is 0 Å². The molecule has 0 atom stereocenters. The standard InChI is InChI=1S/C8H10N5S3/c9-8-12-6-5(10-1-11-6)7(13-8)16-3-14-2-15-4-16/h1,16H,2-4H2,(H2,9,12,13). The number of nitrogens with two attached hydrogens (primary N) is 1. The molecule has 85 valence electrons. The molecule has 1 aromatic heterocycles. The fourth-order valence-electron chi connectivity index (χ4n) is 1.53. The Hall–Kier alpha value is -0.600. The summed E-state index contributed by atoms with van der Waals surface area (Å²) in [6.07, 6.45) is 1.53. The summed E-state index contributed by atoms with van der Waals surface area (Å²) < 4.78 is 0. The van der Waals surface area contributed by atoms with E-state index in [-0.39, 0.29) is 10.9 Å². The van der Waals surface area contributed by atoms with E-state index < -0.39 is 0 Å². The number of aliphatic imine (C=N–C) groups is 1. The predicted octanol–water partition coefficient (Wildman–Crippen LogP) is 1.68.